The van der Waals surface area contributed by atoms with Gasteiger partial charge in [-0.1, -0.05) is 74.5 Å². The van der Waals surface area contributed by atoms with E-state index in [4.69, 9.17) is 4.42 Å². The predicted octanol–water partition coefficient (Wildman–Crippen LogP) is 9.77. The van der Waals surface area contributed by atoms with E-state index in [0.717, 1.165) is 28.6 Å². The maximum Gasteiger partial charge on any atom is 0.227 e. The fourth-order valence-corrected chi connectivity index (χ4v) is 5.41. The van der Waals surface area contributed by atoms with E-state index in [-0.39, 0.29) is 0 Å². The van der Waals surface area contributed by atoms with Crippen molar-refractivity contribution in [3.05, 3.63) is 121 Å². The van der Waals surface area contributed by atoms with E-state index >= 15 is 0 Å². The van der Waals surface area contributed by atoms with Gasteiger partial charge in [0.25, 0.3) is 0 Å². The fourth-order valence-electron chi connectivity index (χ4n) is 5.41. The van der Waals surface area contributed by atoms with E-state index in [1.165, 1.54) is 38.6 Å². The van der Waals surface area contributed by atoms with Gasteiger partial charge >= 0.3 is 0 Å². The smallest absolute Gasteiger partial charge is 0.227 e. The molecule has 0 saturated carbocycles. The minimum atomic E-state index is 0.551. The van der Waals surface area contributed by atoms with Crippen LogP contribution >= 0.6 is 0 Å². The van der Waals surface area contributed by atoms with Crippen LogP contribution in [0, 0.1) is 0 Å². The summed E-state index contributed by atoms with van der Waals surface area (Å²) < 4.78 is 8.32. The van der Waals surface area contributed by atoms with Gasteiger partial charge in [-0.25, -0.2) is 4.98 Å². The van der Waals surface area contributed by atoms with Crippen molar-refractivity contribution in [2.45, 2.75) is 26.2 Å². The van der Waals surface area contributed by atoms with Crippen LogP contribution in [-0.4, -0.2) is 9.55 Å². The maximum atomic E-state index is 5.94. The van der Waals surface area contributed by atoms with Crippen LogP contribution in [0.5, 0.6) is 0 Å². The highest BCUT2D eigenvalue weighted by Gasteiger charge is 2.14. The Bertz CT molecular complexity index is 1870. The van der Waals surface area contributed by atoms with E-state index in [1.807, 2.05) is 24.3 Å². The molecule has 3 nitrogen and oxygen atoms in total. The van der Waals surface area contributed by atoms with Gasteiger partial charge in [-0.15, -0.1) is 0 Å². The van der Waals surface area contributed by atoms with Gasteiger partial charge in [0, 0.05) is 22.0 Å². The molecule has 0 spiro atoms. The third-order valence-electron chi connectivity index (χ3n) is 7.76. The van der Waals surface area contributed by atoms with Crippen LogP contribution in [0.4, 0.5) is 0 Å². The Morgan fingerprint density at radius 1 is 0.684 bits per heavy atom. The van der Waals surface area contributed by atoms with Gasteiger partial charge in [-0.3, -0.25) is 0 Å². The van der Waals surface area contributed by atoms with E-state index in [2.05, 4.69) is 114 Å². The zero-order chi connectivity index (χ0) is 25.6. The van der Waals surface area contributed by atoms with E-state index in [9.17, 15) is 0 Å². The first-order valence-electron chi connectivity index (χ1n) is 13.3. The second-order valence-electron chi connectivity index (χ2n) is 10.0. The van der Waals surface area contributed by atoms with E-state index in [0.29, 0.717) is 11.8 Å². The zero-order valence-corrected chi connectivity index (χ0v) is 21.6. The Hall–Kier alpha value is -4.63. The minimum Gasteiger partial charge on any atom is -0.436 e. The standard InChI is InChI=1S/C35H28N2O/c1-3-23(2)27-18-21-33-30(22-27)29-8-4-6-10-32(29)37(33)28-19-16-25(17-20-28)24-12-14-26(15-13-24)35-36-31-9-5-7-11-34(31)38-35/h4-23H,3H2,1-2H3. The van der Waals surface area contributed by atoms with Gasteiger partial charge in [-0.2, -0.15) is 0 Å². The lowest BCUT2D eigenvalue weighted by atomic mass is 9.97. The molecule has 0 aliphatic heterocycles. The molecule has 0 radical (unpaired) electrons. The first kappa shape index (κ1) is 22.6. The quantitative estimate of drug-likeness (QED) is 0.239. The third-order valence-corrected chi connectivity index (χ3v) is 7.76. The molecule has 7 aromatic rings. The summed E-state index contributed by atoms with van der Waals surface area (Å²) >= 11 is 0. The molecule has 0 saturated heterocycles. The van der Waals surface area contributed by atoms with Crippen molar-refractivity contribution in [1.29, 1.82) is 0 Å². The highest BCUT2D eigenvalue weighted by Crippen LogP contribution is 2.35. The van der Waals surface area contributed by atoms with Crippen LogP contribution < -0.4 is 0 Å². The summed E-state index contributed by atoms with van der Waals surface area (Å²) in [6.07, 6.45) is 1.14. The Kier molecular flexibility index (Phi) is 5.36. The molecular weight excluding hydrogens is 464 g/mol. The van der Waals surface area contributed by atoms with Crippen LogP contribution in [0.1, 0.15) is 31.7 Å². The molecule has 0 fully saturated rings. The summed E-state index contributed by atoms with van der Waals surface area (Å²) in [5.41, 5.74) is 10.1. The number of hydrogen-bond donors (Lipinski definition) is 0. The molecule has 7 rings (SSSR count). The lowest BCUT2D eigenvalue weighted by Gasteiger charge is -2.11. The molecule has 5 aromatic carbocycles. The van der Waals surface area contributed by atoms with Crippen molar-refractivity contribution in [1.82, 2.24) is 9.55 Å². The molecule has 38 heavy (non-hydrogen) atoms. The van der Waals surface area contributed by atoms with Gasteiger partial charge in [0.1, 0.15) is 5.52 Å². The van der Waals surface area contributed by atoms with Crippen LogP contribution in [0.2, 0.25) is 0 Å². The van der Waals surface area contributed by atoms with Gasteiger partial charge in [0.15, 0.2) is 5.58 Å². The van der Waals surface area contributed by atoms with Crippen molar-refractivity contribution >= 4 is 32.9 Å². The van der Waals surface area contributed by atoms with E-state index in [1.54, 1.807) is 0 Å². The Labute approximate surface area is 222 Å². The average molecular weight is 493 g/mol. The third kappa shape index (κ3) is 3.71. The second kappa shape index (κ2) is 9.04. The molecule has 1 unspecified atom stereocenters. The fraction of sp³-hybridized carbons (Fsp3) is 0.114. The number of rotatable bonds is 5. The molecule has 2 heterocycles. The van der Waals surface area contributed by atoms with E-state index < -0.39 is 0 Å². The number of benzene rings is 5. The first-order chi connectivity index (χ1) is 18.7. The molecule has 0 N–H and O–H groups in total. The molecule has 0 amide bonds. The highest BCUT2D eigenvalue weighted by molar-refractivity contribution is 6.09. The summed E-state index contributed by atoms with van der Waals surface area (Å²) in [6, 6.07) is 40.8. The molecule has 184 valence electrons. The number of nitrogens with zero attached hydrogens (tertiary/aromatic N) is 2. The SMILES string of the molecule is CCC(C)c1ccc2c(c1)c1ccccc1n2-c1ccc(-c2ccc(-c3nc4ccccc4o3)cc2)cc1. The molecule has 1 atom stereocenters. The Balaban J connectivity index is 1.24. The van der Waals surface area contributed by atoms with Gasteiger partial charge in [0.05, 0.1) is 11.0 Å². The van der Waals surface area contributed by atoms with Crippen LogP contribution in [0.25, 0.3) is 61.2 Å². The number of fused-ring (bicyclic) bond motifs is 4. The largest absolute Gasteiger partial charge is 0.436 e. The molecule has 0 aliphatic carbocycles. The van der Waals surface area contributed by atoms with Gasteiger partial charge in [-0.05, 0) is 83.6 Å². The summed E-state index contributed by atoms with van der Waals surface area (Å²) in [7, 11) is 0. The molecular formula is C35H28N2O. The Morgan fingerprint density at radius 2 is 1.34 bits per heavy atom. The van der Waals surface area contributed by atoms with Crippen molar-refractivity contribution < 1.29 is 4.42 Å². The summed E-state index contributed by atoms with van der Waals surface area (Å²) in [5, 5.41) is 2.61. The molecule has 0 aliphatic rings. The lowest BCUT2D eigenvalue weighted by molar-refractivity contribution is 0.620. The van der Waals surface area contributed by atoms with Crippen LogP contribution in [0.3, 0.4) is 0 Å². The monoisotopic (exact) mass is 492 g/mol. The van der Waals surface area contributed by atoms with Crippen LogP contribution in [-0.2, 0) is 0 Å². The number of para-hydroxylation sites is 3. The highest BCUT2D eigenvalue weighted by atomic mass is 16.3. The maximum absolute atomic E-state index is 5.94. The first-order valence-corrected chi connectivity index (χ1v) is 13.3. The minimum absolute atomic E-state index is 0.551. The van der Waals surface area contributed by atoms with Gasteiger partial charge in [0.2, 0.25) is 5.89 Å². The molecule has 0 bridgehead atoms. The lowest BCUT2D eigenvalue weighted by Crippen LogP contribution is -1.95. The number of aromatic nitrogens is 2. The normalized spacial score (nSPS) is 12.5. The van der Waals surface area contributed by atoms with Crippen LogP contribution in [0.15, 0.2) is 120 Å². The number of oxazole rings is 1. The molecule has 2 aromatic heterocycles. The Morgan fingerprint density at radius 3 is 2.11 bits per heavy atom. The second-order valence-corrected chi connectivity index (χ2v) is 10.0. The summed E-state index contributed by atoms with van der Waals surface area (Å²) in [6.45, 7) is 4.56. The predicted molar refractivity (Wildman–Crippen MR) is 158 cm³/mol. The van der Waals surface area contributed by atoms with Crippen molar-refractivity contribution in [2.24, 2.45) is 0 Å². The summed E-state index contributed by atoms with van der Waals surface area (Å²) in [5.74, 6) is 1.20. The van der Waals surface area contributed by atoms with Crippen molar-refractivity contribution in [2.75, 3.05) is 0 Å². The molecule has 3 heteroatoms. The zero-order valence-electron chi connectivity index (χ0n) is 21.6. The van der Waals surface area contributed by atoms with Crippen molar-refractivity contribution in [3.8, 4) is 28.3 Å². The van der Waals surface area contributed by atoms with Gasteiger partial charge < -0.3 is 8.98 Å². The summed E-state index contributed by atoms with van der Waals surface area (Å²) in [4.78, 5) is 4.63. The average Bonchev–Trinajstić information content (AvgIpc) is 3.56. The topological polar surface area (TPSA) is 31.0 Å². The van der Waals surface area contributed by atoms with Crippen molar-refractivity contribution in [3.63, 3.8) is 0 Å². The number of hydrogen-bond acceptors (Lipinski definition) is 2.